The molecule has 0 aromatic carbocycles. The van der Waals surface area contributed by atoms with E-state index in [2.05, 4.69) is 195 Å². The highest BCUT2D eigenvalue weighted by Gasteiger charge is 2.49. The van der Waals surface area contributed by atoms with E-state index >= 15 is 0 Å². The summed E-state index contributed by atoms with van der Waals surface area (Å²) in [6.45, 7) is 82.8. The van der Waals surface area contributed by atoms with Gasteiger partial charge in [0.2, 0.25) is 0 Å². The van der Waals surface area contributed by atoms with Crippen molar-refractivity contribution >= 4 is 17.1 Å². The average Bonchev–Trinajstić information content (AvgIpc) is 1.63. The van der Waals surface area contributed by atoms with Crippen LogP contribution in [-0.4, -0.2) is 158 Å². The quantitative estimate of drug-likeness (QED) is 0.0307. The number of alkyl halides is 4. The van der Waals surface area contributed by atoms with Crippen LogP contribution < -0.4 is 0 Å². The Hall–Kier alpha value is -1.83. The molecule has 0 radical (unpaired) electrons. The summed E-state index contributed by atoms with van der Waals surface area (Å²) in [7, 11) is 10.6. The first-order valence-electron chi connectivity index (χ1n) is 44.8. The number of oxime groups is 1. The van der Waals surface area contributed by atoms with E-state index in [0.29, 0.717) is 89.1 Å². The SMILES string of the molecule is CC(C)C(F)(F)C1CC1.CC(C)C(O)C(C)(C)C.CC(C)C(O)C1CC1.CC(C)[C@@H](O)C1CC1.CC(C)[C@H](O)C1CC1.CCC(F)(F)C(C)(C)C.CCC(O)C(C)(C)C.CN=C(C(C)C)C(C)(C)C.CN=C(C1CC1)C(C)(C)C.CO/N=C(\C(C)C)C(C)(C)C.COC(C(C)C)C1CC1.COCC(C)C.COCCC(O)C(C)C. The number of ether oxygens (including phenoxy) is 3. The van der Waals surface area contributed by atoms with Crippen molar-refractivity contribution in [3.63, 3.8) is 0 Å². The molecule has 0 saturated heterocycles. The minimum Gasteiger partial charge on any atom is -0.399 e. The number of hydrogen-bond donors (Lipinski definition) is 6. The summed E-state index contributed by atoms with van der Waals surface area (Å²) < 4.78 is 65.7. The van der Waals surface area contributed by atoms with Crippen LogP contribution in [0.3, 0.4) is 0 Å². The van der Waals surface area contributed by atoms with E-state index in [1.54, 1.807) is 55.9 Å². The molecule has 114 heavy (non-hydrogen) atoms. The van der Waals surface area contributed by atoms with Gasteiger partial charge >= 0.3 is 0 Å². The fraction of sp³-hybridized carbons (Fsp3) is 0.969. The van der Waals surface area contributed by atoms with Gasteiger partial charge in [-0.1, -0.05) is 282 Å². The number of halogens is 4. The van der Waals surface area contributed by atoms with Gasteiger partial charge in [-0.2, -0.15) is 0 Å². The van der Waals surface area contributed by atoms with Crippen molar-refractivity contribution in [3.05, 3.63) is 0 Å². The number of aliphatic hydroxyl groups excluding tert-OH is 6. The van der Waals surface area contributed by atoms with Gasteiger partial charge in [0, 0.05) is 100.0 Å². The van der Waals surface area contributed by atoms with Gasteiger partial charge in [0.25, 0.3) is 11.8 Å². The standard InChI is InChI=1S/C9H19NO.C9H17N.C9H19N.C8H16O.C8H18O.C7H12F2.C7H14F2.C7H16O2.3C7H14O.C7H16O.C5H12O/c1-7(2)8(10-11-6)9(3,4)5;1-9(2,3)8(10-4)7-5-6-7;1-7(2)8(10-6)9(3,4)5;1-6(2)8(9-3)7-4-5-7;1-6(2)7(9)8(3,4)5;1-5(2)7(8,9)6-3-4-6;1-5-7(8,9)6(2,3)4;1-6(2)7(8)4-5-9-3;3*1-5(2)7(8)6-3-4-6;1-5-6(8)7(2,3)4;1-5(2)4-6-3/h7H,1-6H3;7H,5-6H2,1-4H3;7H,1-6H3;6-8H,4-5H2,1-3H3;6-7,9H,1-5H3;5-6H,3-4H2,1-2H3;5H2,1-4H3;6-8H,4-5H2,1-3H3;3*5-8H,3-4H2,1-2H3;6,8H,5H2,1-4H3;5H,4H2,1-3H3/b10-8+;;;;;;;;;;;;/t;;;;;;;;2*7-;;;/m........10.../s1. The predicted molar refractivity (Wildman–Crippen MR) is 488 cm³/mol. The lowest BCUT2D eigenvalue weighted by atomic mass is 9.83. The van der Waals surface area contributed by atoms with Crippen LogP contribution in [0, 0.1) is 127 Å². The van der Waals surface area contributed by atoms with Gasteiger partial charge in [-0.05, 0) is 184 Å². The summed E-state index contributed by atoms with van der Waals surface area (Å²) in [5, 5.41) is 59.6. The second-order valence-corrected chi connectivity index (χ2v) is 42.9. The molecule has 7 atom stereocenters. The van der Waals surface area contributed by atoms with Crippen molar-refractivity contribution in [3.8, 4) is 0 Å². The monoisotopic (exact) mass is 1640 g/mol. The predicted octanol–water partition coefficient (Wildman–Crippen LogP) is 26.2. The molecule has 6 aliphatic rings. The number of aliphatic hydroxyl groups is 6. The number of hydrogen-bond acceptors (Lipinski definition) is 13. The molecule has 6 N–H and O–H groups in total. The highest BCUT2D eigenvalue weighted by atomic mass is 19.3. The Morgan fingerprint density at radius 2 is 0.781 bits per heavy atom. The maximum atomic E-state index is 12.7. The fourth-order valence-electron chi connectivity index (χ4n) is 12.5. The molecule has 6 fully saturated rings. The van der Waals surface area contributed by atoms with Crippen LogP contribution in [0.2, 0.25) is 0 Å². The molecule has 0 aliphatic heterocycles. The van der Waals surface area contributed by atoms with E-state index in [4.69, 9.17) is 19.0 Å². The Bertz CT molecular complexity index is 2240. The minimum absolute atomic E-state index is 0.0185. The van der Waals surface area contributed by atoms with E-state index in [0.717, 1.165) is 49.8 Å². The molecule has 0 heterocycles. The lowest BCUT2D eigenvalue weighted by molar-refractivity contribution is -0.0986. The van der Waals surface area contributed by atoms with E-state index < -0.39 is 23.2 Å². The van der Waals surface area contributed by atoms with Crippen LogP contribution in [0.15, 0.2) is 15.1 Å². The Labute approximate surface area is 706 Å². The summed E-state index contributed by atoms with van der Waals surface area (Å²) in [6, 6.07) is 0. The molecule has 0 bridgehead atoms. The third-order valence-corrected chi connectivity index (χ3v) is 20.6. The van der Waals surface area contributed by atoms with Gasteiger partial charge in [-0.15, -0.1) is 0 Å². The first-order valence-corrected chi connectivity index (χ1v) is 44.8. The topological polar surface area (TPSA) is 195 Å². The van der Waals surface area contributed by atoms with Gasteiger partial charge in [0.05, 0.1) is 48.4 Å². The first kappa shape index (κ1) is 125. The summed E-state index contributed by atoms with van der Waals surface area (Å²) in [6.07, 6.45) is 15.9. The van der Waals surface area contributed by atoms with Crippen LogP contribution >= 0.6 is 0 Å². The largest absolute Gasteiger partial charge is 0.399 e. The Balaban J connectivity index is -0.000000218. The maximum Gasteiger partial charge on any atom is 0.253 e. The van der Waals surface area contributed by atoms with Crippen molar-refractivity contribution < 1.29 is 67.2 Å². The molecule has 5 unspecified atom stereocenters. The van der Waals surface area contributed by atoms with Crippen LogP contribution in [0.25, 0.3) is 0 Å². The summed E-state index contributed by atoms with van der Waals surface area (Å²) in [5.74, 6) is 2.46. The normalized spacial score (nSPS) is 18.2. The van der Waals surface area contributed by atoms with E-state index in [1.807, 2.05) is 76.6 Å². The van der Waals surface area contributed by atoms with Crippen molar-refractivity contribution in [1.29, 1.82) is 0 Å². The Morgan fingerprint density at radius 1 is 0.421 bits per heavy atom. The fourth-order valence-corrected chi connectivity index (χ4v) is 12.5. The minimum atomic E-state index is -2.52. The average molecular weight is 1650 g/mol. The van der Waals surface area contributed by atoms with Crippen LogP contribution in [-0.2, 0) is 19.0 Å². The van der Waals surface area contributed by atoms with Crippen molar-refractivity contribution in [2.45, 2.75) is 428 Å². The Kier molecular flexibility index (Phi) is 67.6. The van der Waals surface area contributed by atoms with Gasteiger partial charge in [0.15, 0.2) is 0 Å². The molecular weight excluding hydrogens is 1440 g/mol. The number of nitrogens with zero attached hydrogens (tertiary/aromatic N) is 3. The van der Waals surface area contributed by atoms with Crippen molar-refractivity contribution in [2.75, 3.05) is 55.7 Å². The number of rotatable bonds is 24. The lowest BCUT2D eigenvalue weighted by Crippen LogP contribution is -2.32. The molecule has 6 aliphatic carbocycles. The van der Waals surface area contributed by atoms with Crippen molar-refractivity contribution in [2.24, 2.45) is 142 Å². The van der Waals surface area contributed by atoms with E-state index in [9.17, 15) is 48.2 Å². The molecule has 17 heteroatoms. The summed E-state index contributed by atoms with van der Waals surface area (Å²) in [5.41, 5.74) is 3.69. The molecule has 13 nitrogen and oxygen atoms in total. The smallest absolute Gasteiger partial charge is 0.253 e. The second-order valence-electron chi connectivity index (χ2n) is 42.9. The third-order valence-electron chi connectivity index (χ3n) is 20.6. The van der Waals surface area contributed by atoms with Crippen LogP contribution in [0.1, 0.15) is 373 Å². The highest BCUT2D eigenvalue weighted by Crippen LogP contribution is 2.47. The zero-order valence-corrected chi connectivity index (χ0v) is 84.0. The van der Waals surface area contributed by atoms with Gasteiger partial charge in [-0.3, -0.25) is 9.98 Å². The lowest BCUT2D eigenvalue weighted by Gasteiger charge is -2.28. The molecule has 692 valence electrons. The Morgan fingerprint density at radius 3 is 0.851 bits per heavy atom. The summed E-state index contributed by atoms with van der Waals surface area (Å²) in [4.78, 5) is 13.4. The van der Waals surface area contributed by atoms with Gasteiger partial charge in [-0.25, -0.2) is 17.6 Å². The number of aliphatic imine (C=N–C) groups is 2. The van der Waals surface area contributed by atoms with Gasteiger partial charge in [0.1, 0.15) is 7.11 Å². The van der Waals surface area contributed by atoms with Crippen LogP contribution in [0.5, 0.6) is 0 Å². The van der Waals surface area contributed by atoms with Gasteiger partial charge < -0.3 is 49.7 Å². The molecule has 0 aromatic heterocycles. The zero-order chi connectivity index (χ0) is 92.0. The molecule has 0 aromatic rings. The van der Waals surface area contributed by atoms with Crippen LogP contribution in [0.4, 0.5) is 17.6 Å². The molecule has 0 amide bonds. The zero-order valence-electron chi connectivity index (χ0n) is 84.0. The molecular formula is C97H201F4N3O10. The first-order chi connectivity index (χ1) is 51.4. The van der Waals surface area contributed by atoms with E-state index in [1.165, 1.54) is 82.6 Å². The maximum absolute atomic E-state index is 12.7. The molecule has 6 saturated carbocycles. The second kappa shape index (κ2) is 61.5. The van der Waals surface area contributed by atoms with Crippen molar-refractivity contribution in [1.82, 2.24) is 0 Å². The molecule has 0 spiro atoms. The summed E-state index contributed by atoms with van der Waals surface area (Å²) >= 11 is 0. The number of methoxy groups -OCH3 is 3. The van der Waals surface area contributed by atoms with E-state index in [-0.39, 0.29) is 70.6 Å². The molecule has 6 rings (SSSR count). The third kappa shape index (κ3) is 66.8. The highest BCUT2D eigenvalue weighted by molar-refractivity contribution is 5.93.